The number of nitrogens with zero attached hydrogens (tertiary/aromatic N) is 2. The Morgan fingerprint density at radius 2 is 2.00 bits per heavy atom. The number of rotatable bonds is 8. The van der Waals surface area contributed by atoms with Crippen molar-refractivity contribution in [2.45, 2.75) is 25.9 Å². The number of carbonyl (C=O) groups is 1. The molecular weight excluding hydrogens is 410 g/mol. The first-order chi connectivity index (χ1) is 12.8. The average molecular weight is 429 g/mol. The molecule has 0 atom stereocenters. The third-order valence-electron chi connectivity index (χ3n) is 4.05. The fourth-order valence-electron chi connectivity index (χ4n) is 2.74. The highest BCUT2D eigenvalue weighted by atomic mass is 35.5. The fraction of sp³-hybridized carbons (Fsp3) is 0.294. The van der Waals surface area contributed by atoms with Crippen LogP contribution in [0.3, 0.4) is 0 Å². The van der Waals surface area contributed by atoms with E-state index in [9.17, 15) is 13.2 Å². The van der Waals surface area contributed by atoms with Crippen LogP contribution < -0.4 is 9.72 Å². The summed E-state index contributed by atoms with van der Waals surface area (Å²) in [6, 6.07) is 6.67. The summed E-state index contributed by atoms with van der Waals surface area (Å²) in [5.74, 6) is -0.448. The second kappa shape index (κ2) is 8.39. The maximum atomic E-state index is 12.3. The number of amides is 1. The summed E-state index contributed by atoms with van der Waals surface area (Å²) in [6.07, 6.45) is 4.83. The van der Waals surface area contributed by atoms with Gasteiger partial charge in [0.15, 0.2) is 5.69 Å². The van der Waals surface area contributed by atoms with Crippen LogP contribution in [0.1, 0.15) is 28.9 Å². The van der Waals surface area contributed by atoms with Gasteiger partial charge in [-0.3, -0.25) is 9.35 Å². The van der Waals surface area contributed by atoms with Gasteiger partial charge in [-0.2, -0.15) is 12.8 Å². The van der Waals surface area contributed by atoms with E-state index in [1.54, 1.807) is 35.6 Å². The number of halogens is 1. The zero-order chi connectivity index (χ0) is 19.4. The van der Waals surface area contributed by atoms with E-state index in [4.69, 9.17) is 16.2 Å². The van der Waals surface area contributed by atoms with Crippen molar-refractivity contribution >= 4 is 43.9 Å². The molecule has 2 aromatic heterocycles. The van der Waals surface area contributed by atoms with E-state index >= 15 is 0 Å². The molecule has 2 N–H and O–H groups in total. The Balaban J connectivity index is 1.67. The zero-order valence-corrected chi connectivity index (χ0v) is 16.7. The molecule has 0 unspecified atom stereocenters. The monoisotopic (exact) mass is 428 g/mol. The first-order valence-corrected chi connectivity index (χ1v) is 11.2. The van der Waals surface area contributed by atoms with Gasteiger partial charge in [0.1, 0.15) is 12.4 Å². The van der Waals surface area contributed by atoms with Crippen LogP contribution in [0.2, 0.25) is 5.02 Å². The van der Waals surface area contributed by atoms with Crippen molar-refractivity contribution in [1.82, 2.24) is 9.88 Å². The van der Waals surface area contributed by atoms with Gasteiger partial charge < -0.3 is 5.32 Å². The van der Waals surface area contributed by atoms with Crippen LogP contribution in [0.4, 0.5) is 0 Å². The second-order valence-corrected chi connectivity index (χ2v) is 8.93. The minimum atomic E-state index is -3.94. The second-order valence-electron chi connectivity index (χ2n) is 6.05. The van der Waals surface area contributed by atoms with Gasteiger partial charge in [-0.15, -0.1) is 0 Å². The molecule has 0 bridgehead atoms. The van der Waals surface area contributed by atoms with E-state index in [0.717, 1.165) is 10.7 Å². The predicted molar refractivity (Wildman–Crippen MR) is 104 cm³/mol. The molecule has 144 valence electrons. The third-order valence-corrected chi connectivity index (χ3v) is 6.01. The molecule has 1 aromatic carbocycles. The number of hydrogen-bond acceptors (Lipinski definition) is 4. The number of unbranched alkanes of at least 4 members (excludes halogenated alkanes) is 1. The molecule has 27 heavy (non-hydrogen) atoms. The lowest BCUT2D eigenvalue weighted by Gasteiger charge is -2.05. The standard InChI is InChI=1S/C17H18ClN3O4S2/c18-14-5-3-13(4-6-14)16(22)19-11-15-12-20-8-9-26-17(20)21(15)7-1-2-10-27(23,24)25/h3-6,8-9,12H,1-2,7,10-11H2,(H-,19,22,23,24,25)/p+1. The average Bonchev–Trinajstić information content (AvgIpc) is 3.18. The zero-order valence-electron chi connectivity index (χ0n) is 14.3. The van der Waals surface area contributed by atoms with Crippen molar-refractivity contribution in [3.63, 3.8) is 0 Å². The summed E-state index contributed by atoms with van der Waals surface area (Å²) in [7, 11) is -3.94. The molecule has 0 aliphatic heterocycles. The van der Waals surface area contributed by atoms with Crippen LogP contribution in [-0.2, 0) is 23.2 Å². The highest BCUT2D eigenvalue weighted by molar-refractivity contribution is 7.85. The van der Waals surface area contributed by atoms with Gasteiger partial charge in [0.25, 0.3) is 16.0 Å². The summed E-state index contributed by atoms with van der Waals surface area (Å²) in [4.78, 5) is 13.3. The van der Waals surface area contributed by atoms with Gasteiger partial charge in [0.05, 0.1) is 18.8 Å². The number of aromatic nitrogens is 2. The van der Waals surface area contributed by atoms with Gasteiger partial charge in [-0.25, -0.2) is 4.57 Å². The summed E-state index contributed by atoms with van der Waals surface area (Å²) >= 11 is 7.40. The first-order valence-electron chi connectivity index (χ1n) is 8.29. The lowest BCUT2D eigenvalue weighted by molar-refractivity contribution is -0.506. The van der Waals surface area contributed by atoms with E-state index < -0.39 is 10.1 Å². The van der Waals surface area contributed by atoms with Gasteiger partial charge in [0, 0.05) is 16.0 Å². The predicted octanol–water partition coefficient (Wildman–Crippen LogP) is 2.54. The summed E-state index contributed by atoms with van der Waals surface area (Å²) in [5, 5.41) is 5.42. The van der Waals surface area contributed by atoms with E-state index in [0.29, 0.717) is 36.5 Å². The Morgan fingerprint density at radius 1 is 1.26 bits per heavy atom. The number of thiazole rings is 1. The van der Waals surface area contributed by atoms with Crippen LogP contribution in [0.5, 0.6) is 0 Å². The highest BCUT2D eigenvalue weighted by Crippen LogP contribution is 2.14. The molecule has 10 heteroatoms. The van der Waals surface area contributed by atoms with Crippen molar-refractivity contribution in [3.05, 3.63) is 58.3 Å². The molecule has 7 nitrogen and oxygen atoms in total. The van der Waals surface area contributed by atoms with Crippen LogP contribution in [0.15, 0.2) is 42.0 Å². The number of aryl methyl sites for hydroxylation is 1. The minimum Gasteiger partial charge on any atom is -0.344 e. The van der Waals surface area contributed by atoms with E-state index in [-0.39, 0.29) is 11.7 Å². The topological polar surface area (TPSA) is 92.5 Å². The van der Waals surface area contributed by atoms with E-state index in [2.05, 4.69) is 9.88 Å². The van der Waals surface area contributed by atoms with Crippen molar-refractivity contribution in [2.24, 2.45) is 0 Å². The number of hydrogen-bond donors (Lipinski definition) is 2. The van der Waals surface area contributed by atoms with Crippen molar-refractivity contribution in [3.8, 4) is 0 Å². The molecule has 0 saturated carbocycles. The lowest BCUT2D eigenvalue weighted by Crippen LogP contribution is -2.24. The molecule has 3 rings (SSSR count). The summed E-state index contributed by atoms with van der Waals surface area (Å²) in [5.41, 5.74) is 1.44. The van der Waals surface area contributed by atoms with Gasteiger partial charge in [0.2, 0.25) is 0 Å². The minimum absolute atomic E-state index is 0.195. The van der Waals surface area contributed by atoms with Gasteiger partial charge in [-0.05, 0) is 37.1 Å². The van der Waals surface area contributed by atoms with Gasteiger partial charge in [-0.1, -0.05) is 22.9 Å². The molecule has 0 saturated heterocycles. The number of fused-ring (bicyclic) bond motifs is 1. The molecule has 0 radical (unpaired) electrons. The van der Waals surface area contributed by atoms with E-state index in [1.807, 2.05) is 22.2 Å². The molecule has 3 aromatic rings. The molecular formula is C17H19ClN3O4S2+. The molecule has 2 heterocycles. The molecule has 0 fully saturated rings. The summed E-state index contributed by atoms with van der Waals surface area (Å²) < 4.78 is 34.6. The number of imidazole rings is 1. The first kappa shape index (κ1) is 19.8. The quantitative estimate of drug-likeness (QED) is 0.327. The Morgan fingerprint density at radius 3 is 2.70 bits per heavy atom. The molecule has 1 amide bonds. The third kappa shape index (κ3) is 5.29. The SMILES string of the molecule is O=C(NCc1c[n+]2ccsc2n1CCCCS(=O)(=O)O)c1ccc(Cl)cc1. The number of nitrogens with one attached hydrogen (secondary N) is 1. The van der Waals surface area contributed by atoms with Crippen LogP contribution in [0, 0.1) is 0 Å². The van der Waals surface area contributed by atoms with Crippen molar-refractivity contribution in [1.29, 1.82) is 0 Å². The van der Waals surface area contributed by atoms with Crippen LogP contribution in [-0.4, -0.2) is 29.2 Å². The Kier molecular flexibility index (Phi) is 6.15. The maximum absolute atomic E-state index is 12.3. The molecule has 0 spiro atoms. The highest BCUT2D eigenvalue weighted by Gasteiger charge is 2.19. The number of carbonyl (C=O) groups excluding carboxylic acids is 1. The fourth-order valence-corrected chi connectivity index (χ4v) is 4.32. The maximum Gasteiger partial charge on any atom is 0.345 e. The molecule has 0 aliphatic carbocycles. The lowest BCUT2D eigenvalue weighted by atomic mass is 10.2. The molecule has 0 aliphatic rings. The largest absolute Gasteiger partial charge is 0.345 e. The van der Waals surface area contributed by atoms with E-state index in [1.165, 1.54) is 0 Å². The van der Waals surface area contributed by atoms with Crippen molar-refractivity contribution in [2.75, 3.05) is 5.75 Å². The van der Waals surface area contributed by atoms with Crippen LogP contribution in [0.25, 0.3) is 4.96 Å². The van der Waals surface area contributed by atoms with Gasteiger partial charge >= 0.3 is 4.96 Å². The Labute approximate surface area is 166 Å². The Bertz CT molecular complexity index is 1040. The Hall–Kier alpha value is -1.94. The number of benzene rings is 1. The van der Waals surface area contributed by atoms with Crippen LogP contribution >= 0.6 is 22.9 Å². The van der Waals surface area contributed by atoms with Crippen molar-refractivity contribution < 1.29 is 22.2 Å². The smallest absolute Gasteiger partial charge is 0.344 e. The summed E-state index contributed by atoms with van der Waals surface area (Å²) in [6.45, 7) is 0.937. The normalized spacial score (nSPS) is 11.8.